The molecule has 6 nitrogen and oxygen atoms in total. The maximum Gasteiger partial charge on any atom is 0.323 e. The molecule has 0 aliphatic heterocycles. The van der Waals surface area contributed by atoms with Gasteiger partial charge < -0.3 is 15.6 Å². The van der Waals surface area contributed by atoms with E-state index < -0.39 is 24.4 Å². The maximum atomic E-state index is 12.3. The average molecular weight is 465 g/mol. The van der Waals surface area contributed by atoms with E-state index in [4.69, 9.17) is 15.6 Å². The molecule has 7 atom stereocenters. The number of aliphatic carboxylic acids is 1. The first-order valence-electron chi connectivity index (χ1n) is 12.7. The summed E-state index contributed by atoms with van der Waals surface area (Å²) in [5.41, 5.74) is 10.2. The minimum absolute atomic E-state index is 0.146. The summed E-state index contributed by atoms with van der Waals surface area (Å²) in [6.07, 6.45) is 15.4. The molecule has 0 saturated heterocycles. The summed E-state index contributed by atoms with van der Waals surface area (Å²) in [5, 5.41) is 8.90. The number of pyridine rings is 1. The highest BCUT2D eigenvalue weighted by Crippen LogP contribution is 2.66. The van der Waals surface area contributed by atoms with Gasteiger partial charge in [-0.1, -0.05) is 37.6 Å². The second-order valence-corrected chi connectivity index (χ2v) is 11.3. The van der Waals surface area contributed by atoms with Crippen LogP contribution < -0.4 is 5.73 Å². The van der Waals surface area contributed by atoms with E-state index in [1.165, 1.54) is 29.6 Å². The number of carbonyl (C=O) groups excluding carboxylic acids is 1. The molecule has 2 fully saturated rings. The first-order chi connectivity index (χ1) is 16.2. The van der Waals surface area contributed by atoms with Crippen molar-refractivity contribution in [2.75, 3.05) is 0 Å². The monoisotopic (exact) mass is 464 g/mol. The minimum Gasteiger partial charge on any atom is -0.481 e. The van der Waals surface area contributed by atoms with Crippen molar-refractivity contribution >= 4 is 17.5 Å². The van der Waals surface area contributed by atoms with Gasteiger partial charge in [-0.25, -0.2) is 0 Å². The van der Waals surface area contributed by atoms with Crippen molar-refractivity contribution in [3.63, 3.8) is 0 Å². The van der Waals surface area contributed by atoms with Crippen LogP contribution in [0.15, 0.2) is 42.3 Å². The third-order valence-electron chi connectivity index (χ3n) is 9.59. The molecule has 6 heteroatoms. The predicted octanol–water partition coefficient (Wildman–Crippen LogP) is 4.75. The molecular formula is C28H36N2O4. The first-order valence-corrected chi connectivity index (χ1v) is 12.7. The largest absolute Gasteiger partial charge is 0.481 e. The van der Waals surface area contributed by atoms with Gasteiger partial charge >= 0.3 is 11.9 Å². The van der Waals surface area contributed by atoms with Crippen LogP contribution in [0.25, 0.3) is 5.57 Å². The highest BCUT2D eigenvalue weighted by atomic mass is 16.5. The number of allylic oxidation sites excluding steroid dienone is 3. The Balaban J connectivity index is 1.31. The van der Waals surface area contributed by atoms with Gasteiger partial charge in [0.1, 0.15) is 12.1 Å². The van der Waals surface area contributed by atoms with E-state index in [0.29, 0.717) is 17.8 Å². The number of hydrogen-bond donors (Lipinski definition) is 2. The molecule has 0 bridgehead atoms. The zero-order valence-electron chi connectivity index (χ0n) is 20.2. The summed E-state index contributed by atoms with van der Waals surface area (Å²) in [7, 11) is 0. The minimum atomic E-state index is -1.10. The quantitative estimate of drug-likeness (QED) is 0.481. The Hall–Kier alpha value is -2.47. The summed E-state index contributed by atoms with van der Waals surface area (Å²) < 4.78 is 5.65. The van der Waals surface area contributed by atoms with Crippen molar-refractivity contribution in [1.29, 1.82) is 0 Å². The molecule has 1 heterocycles. The first kappa shape index (κ1) is 23.3. The van der Waals surface area contributed by atoms with Crippen LogP contribution in [0.4, 0.5) is 0 Å². The van der Waals surface area contributed by atoms with Gasteiger partial charge in [-0.3, -0.25) is 14.6 Å². The van der Waals surface area contributed by atoms with Crippen LogP contribution in [0, 0.1) is 28.6 Å². The van der Waals surface area contributed by atoms with Gasteiger partial charge in [-0.2, -0.15) is 0 Å². The summed E-state index contributed by atoms with van der Waals surface area (Å²) in [5.74, 6) is 0.289. The van der Waals surface area contributed by atoms with Crippen LogP contribution in [0.2, 0.25) is 0 Å². The van der Waals surface area contributed by atoms with Crippen molar-refractivity contribution in [3.8, 4) is 0 Å². The summed E-state index contributed by atoms with van der Waals surface area (Å²) in [6, 6.07) is 3.13. The molecule has 2 saturated carbocycles. The lowest BCUT2D eigenvalue weighted by atomic mass is 9.47. The highest BCUT2D eigenvalue weighted by molar-refractivity contribution is 5.81. The molecule has 182 valence electrons. The molecule has 1 aromatic heterocycles. The number of esters is 1. The predicted molar refractivity (Wildman–Crippen MR) is 129 cm³/mol. The number of fused-ring (bicyclic) bond motifs is 5. The highest BCUT2D eigenvalue weighted by Gasteiger charge is 2.57. The van der Waals surface area contributed by atoms with Gasteiger partial charge in [0.25, 0.3) is 0 Å². The summed E-state index contributed by atoms with van der Waals surface area (Å²) in [4.78, 5) is 27.5. The molecule has 0 amide bonds. The van der Waals surface area contributed by atoms with Crippen LogP contribution >= 0.6 is 0 Å². The smallest absolute Gasteiger partial charge is 0.323 e. The molecule has 5 rings (SSSR count). The van der Waals surface area contributed by atoms with Gasteiger partial charge in [0.05, 0.1) is 6.42 Å². The number of carboxylic acid groups (broad SMARTS) is 1. The van der Waals surface area contributed by atoms with E-state index in [9.17, 15) is 9.59 Å². The Kier molecular flexibility index (Phi) is 5.91. The Morgan fingerprint density at radius 3 is 2.71 bits per heavy atom. The van der Waals surface area contributed by atoms with Crippen LogP contribution in [0.1, 0.15) is 70.8 Å². The summed E-state index contributed by atoms with van der Waals surface area (Å²) >= 11 is 0. The van der Waals surface area contributed by atoms with Crippen molar-refractivity contribution in [2.45, 2.75) is 77.4 Å². The fourth-order valence-corrected chi connectivity index (χ4v) is 7.79. The zero-order chi connectivity index (χ0) is 24.1. The Bertz CT molecular complexity index is 1030. The van der Waals surface area contributed by atoms with E-state index in [-0.39, 0.29) is 16.9 Å². The Morgan fingerprint density at radius 1 is 1.18 bits per heavy atom. The fraction of sp³-hybridized carbons (Fsp3) is 0.607. The fourth-order valence-electron chi connectivity index (χ4n) is 7.79. The van der Waals surface area contributed by atoms with E-state index in [1.807, 2.05) is 18.5 Å². The van der Waals surface area contributed by atoms with Gasteiger partial charge in [-0.15, -0.1) is 0 Å². The van der Waals surface area contributed by atoms with Gasteiger partial charge in [-0.05, 0) is 84.3 Å². The molecule has 0 spiro atoms. The number of rotatable bonds is 5. The Labute approximate surface area is 201 Å². The van der Waals surface area contributed by atoms with Gasteiger partial charge in [0.2, 0.25) is 0 Å². The normalized spacial score (nSPS) is 37.4. The van der Waals surface area contributed by atoms with Crippen molar-refractivity contribution in [1.82, 2.24) is 4.98 Å². The van der Waals surface area contributed by atoms with Crippen LogP contribution in [-0.2, 0) is 14.3 Å². The second kappa shape index (κ2) is 8.63. The number of hydrogen-bond acceptors (Lipinski definition) is 5. The van der Waals surface area contributed by atoms with Gasteiger partial charge in [0, 0.05) is 18.8 Å². The molecule has 4 aliphatic carbocycles. The number of carbonyl (C=O) groups is 2. The van der Waals surface area contributed by atoms with E-state index in [1.54, 1.807) is 0 Å². The molecular weight excluding hydrogens is 428 g/mol. The third kappa shape index (κ3) is 3.80. The van der Waals surface area contributed by atoms with Crippen LogP contribution in [0.3, 0.4) is 0 Å². The van der Waals surface area contributed by atoms with E-state index in [0.717, 1.165) is 32.1 Å². The molecule has 1 aromatic rings. The van der Waals surface area contributed by atoms with Crippen LogP contribution in [-0.4, -0.2) is 34.2 Å². The zero-order valence-corrected chi connectivity index (χ0v) is 20.2. The van der Waals surface area contributed by atoms with Crippen LogP contribution in [0.5, 0.6) is 0 Å². The number of aromatic nitrogens is 1. The number of nitrogens with zero attached hydrogens (tertiary/aromatic N) is 1. The van der Waals surface area contributed by atoms with E-state index in [2.05, 4.69) is 37.0 Å². The average Bonchev–Trinajstić information content (AvgIpc) is 3.16. The SMILES string of the molecule is C[C@]12CC[C@H](OC(=O)[C@H](N)CC(=O)O)CC1=CC[C@@H]1[C@@H]2CC[C@]2(C)C(c3cccnc3)=CC[C@@H]12. The number of nitrogens with two attached hydrogens (primary N) is 1. The van der Waals surface area contributed by atoms with Crippen molar-refractivity contribution < 1.29 is 19.4 Å². The lowest BCUT2D eigenvalue weighted by Crippen LogP contribution is -2.50. The molecule has 4 aliphatic rings. The number of ether oxygens (including phenoxy) is 1. The lowest BCUT2D eigenvalue weighted by Gasteiger charge is -2.57. The molecule has 3 N–H and O–H groups in total. The van der Waals surface area contributed by atoms with Crippen molar-refractivity contribution in [2.24, 2.45) is 34.3 Å². The molecule has 34 heavy (non-hydrogen) atoms. The van der Waals surface area contributed by atoms with Gasteiger partial charge in [0.15, 0.2) is 0 Å². The second-order valence-electron chi connectivity index (χ2n) is 11.3. The molecule has 0 unspecified atom stereocenters. The number of carboxylic acids is 1. The third-order valence-corrected chi connectivity index (χ3v) is 9.59. The van der Waals surface area contributed by atoms with E-state index >= 15 is 0 Å². The maximum absolute atomic E-state index is 12.3. The Morgan fingerprint density at radius 2 is 1.97 bits per heavy atom. The molecule has 0 aromatic carbocycles. The lowest BCUT2D eigenvalue weighted by molar-refractivity contribution is -0.155. The standard InChI is InChI=1S/C28H36N2O4/c1-27-11-9-19(34-26(33)24(29)15-25(31)32)14-18(27)5-6-20-22-8-7-21(17-4-3-13-30-16-17)28(22,2)12-10-23(20)27/h3-5,7,13,16,19-20,22-24H,6,8-12,14-15,29H2,1-2H3,(H,31,32)/t19-,20-,22-,23-,24+,27-,28+/m0/s1. The summed E-state index contributed by atoms with van der Waals surface area (Å²) in [6.45, 7) is 4.90. The molecule has 0 radical (unpaired) electrons. The topological polar surface area (TPSA) is 103 Å². The van der Waals surface area contributed by atoms with Crippen molar-refractivity contribution in [3.05, 3.63) is 47.8 Å².